The highest BCUT2D eigenvalue weighted by molar-refractivity contribution is 5.90. The molecule has 2 aliphatic rings. The number of rotatable bonds is 3. The van der Waals surface area contributed by atoms with Crippen molar-refractivity contribution in [2.45, 2.75) is 32.2 Å². The highest BCUT2D eigenvalue weighted by atomic mass is 16.5. The van der Waals surface area contributed by atoms with E-state index in [1.54, 1.807) is 36.9 Å². The normalized spacial score (nSPS) is 20.4. The number of aliphatic hydroxyl groups is 1. The van der Waals surface area contributed by atoms with Crippen molar-refractivity contribution in [1.29, 1.82) is 0 Å². The Balaban J connectivity index is 1.68. The fraction of sp³-hybridized carbons (Fsp3) is 0.381. The zero-order chi connectivity index (χ0) is 20.6. The molecule has 150 valence electrons. The van der Waals surface area contributed by atoms with E-state index in [-0.39, 0.29) is 24.6 Å². The van der Waals surface area contributed by atoms with Gasteiger partial charge in [-0.05, 0) is 25.1 Å². The molecule has 8 nitrogen and oxygen atoms in total. The van der Waals surface area contributed by atoms with Crippen molar-refractivity contribution in [3.05, 3.63) is 46.8 Å². The fourth-order valence-corrected chi connectivity index (χ4v) is 3.47. The maximum atomic E-state index is 12.2. The Morgan fingerprint density at radius 2 is 2.24 bits per heavy atom. The topological polar surface area (TPSA) is 93.9 Å². The summed E-state index contributed by atoms with van der Waals surface area (Å²) in [5, 5.41) is 14.9. The molecular weight excluding hydrogens is 374 g/mol. The standard InChI is InChI=1S/C21H21N3O5/c1-3-29-19(25)18-16-12-28-13-17(16)24(22-18)15-6-4-5-14(11-15)7-8-21(27)9-10-23(2)20(21)26/h4-6,11,27H,3,9-10,12-13H2,1-2H3. The van der Waals surface area contributed by atoms with Gasteiger partial charge in [-0.3, -0.25) is 4.79 Å². The van der Waals surface area contributed by atoms with Crippen molar-refractivity contribution in [3.63, 3.8) is 0 Å². The Hall–Kier alpha value is -3.15. The van der Waals surface area contributed by atoms with Gasteiger partial charge in [0.1, 0.15) is 0 Å². The van der Waals surface area contributed by atoms with Gasteiger partial charge in [0.25, 0.3) is 5.91 Å². The third-order valence-electron chi connectivity index (χ3n) is 5.06. The summed E-state index contributed by atoms with van der Waals surface area (Å²) >= 11 is 0. The number of hydrogen-bond donors (Lipinski definition) is 1. The van der Waals surface area contributed by atoms with Crippen LogP contribution in [0.15, 0.2) is 24.3 Å². The summed E-state index contributed by atoms with van der Waals surface area (Å²) in [6.07, 6.45) is 0.280. The number of aromatic nitrogens is 2. The van der Waals surface area contributed by atoms with E-state index in [1.165, 1.54) is 4.90 Å². The molecule has 8 heteroatoms. The summed E-state index contributed by atoms with van der Waals surface area (Å²) in [6, 6.07) is 7.23. The summed E-state index contributed by atoms with van der Waals surface area (Å²) < 4.78 is 12.2. The number of amides is 1. The SMILES string of the molecule is CCOC(=O)c1nn(-c2cccc(C#CC3(O)CCN(C)C3=O)c2)c2c1COC2. The third kappa shape index (κ3) is 3.39. The molecule has 1 aromatic heterocycles. The van der Waals surface area contributed by atoms with Crippen LogP contribution in [0.4, 0.5) is 0 Å². The number of likely N-dealkylation sites (N-methyl/N-ethyl adjacent to an activating group) is 1. The first-order valence-electron chi connectivity index (χ1n) is 9.40. The van der Waals surface area contributed by atoms with Crippen molar-refractivity contribution in [3.8, 4) is 17.5 Å². The van der Waals surface area contributed by atoms with Gasteiger partial charge in [-0.1, -0.05) is 17.9 Å². The van der Waals surface area contributed by atoms with Gasteiger partial charge in [0, 0.05) is 31.1 Å². The lowest BCUT2D eigenvalue weighted by molar-refractivity contribution is -0.137. The fourth-order valence-electron chi connectivity index (χ4n) is 3.47. The number of carbonyl (C=O) groups is 2. The number of hydrogen-bond acceptors (Lipinski definition) is 6. The Morgan fingerprint density at radius 3 is 2.97 bits per heavy atom. The molecule has 1 aromatic carbocycles. The molecule has 1 fully saturated rings. The summed E-state index contributed by atoms with van der Waals surface area (Å²) in [5.41, 5.74) is 1.46. The van der Waals surface area contributed by atoms with E-state index in [2.05, 4.69) is 16.9 Å². The second kappa shape index (κ2) is 7.35. The van der Waals surface area contributed by atoms with Gasteiger partial charge < -0.3 is 19.5 Å². The number of fused-ring (bicyclic) bond motifs is 1. The zero-order valence-corrected chi connectivity index (χ0v) is 16.3. The Labute approximate surface area is 168 Å². The van der Waals surface area contributed by atoms with E-state index < -0.39 is 11.6 Å². The molecule has 0 radical (unpaired) electrons. The molecule has 0 bridgehead atoms. The van der Waals surface area contributed by atoms with E-state index in [0.29, 0.717) is 31.0 Å². The van der Waals surface area contributed by atoms with E-state index in [0.717, 1.165) is 11.3 Å². The molecule has 4 rings (SSSR count). The van der Waals surface area contributed by atoms with Gasteiger partial charge in [0.15, 0.2) is 5.69 Å². The molecule has 1 amide bonds. The first-order valence-corrected chi connectivity index (χ1v) is 9.40. The maximum absolute atomic E-state index is 12.2. The second-order valence-electron chi connectivity index (χ2n) is 7.04. The number of benzene rings is 1. The quantitative estimate of drug-likeness (QED) is 0.616. The highest BCUT2D eigenvalue weighted by Gasteiger charge is 2.42. The molecular formula is C21H21N3O5. The van der Waals surface area contributed by atoms with E-state index >= 15 is 0 Å². The molecule has 3 heterocycles. The molecule has 2 aromatic rings. The molecule has 1 unspecified atom stereocenters. The molecule has 2 aliphatic heterocycles. The zero-order valence-electron chi connectivity index (χ0n) is 16.3. The molecule has 0 aliphatic carbocycles. The maximum Gasteiger partial charge on any atom is 0.359 e. The van der Waals surface area contributed by atoms with Gasteiger partial charge in [0.2, 0.25) is 5.60 Å². The first-order chi connectivity index (χ1) is 13.9. The van der Waals surface area contributed by atoms with Gasteiger partial charge >= 0.3 is 5.97 Å². The Kier molecular flexibility index (Phi) is 4.86. The van der Waals surface area contributed by atoms with Crippen LogP contribution >= 0.6 is 0 Å². The largest absolute Gasteiger partial charge is 0.461 e. The number of ether oxygens (including phenoxy) is 2. The van der Waals surface area contributed by atoms with Crippen LogP contribution < -0.4 is 0 Å². The summed E-state index contributed by atoms with van der Waals surface area (Å²) in [6.45, 7) is 3.14. The minimum atomic E-state index is -1.65. The second-order valence-corrected chi connectivity index (χ2v) is 7.04. The minimum absolute atomic E-state index is 0.254. The summed E-state index contributed by atoms with van der Waals surface area (Å²) in [7, 11) is 1.64. The molecule has 29 heavy (non-hydrogen) atoms. The molecule has 1 atom stereocenters. The van der Waals surface area contributed by atoms with Crippen LogP contribution in [0.3, 0.4) is 0 Å². The van der Waals surface area contributed by atoms with Crippen molar-refractivity contribution >= 4 is 11.9 Å². The van der Waals surface area contributed by atoms with Gasteiger partial charge in [-0.2, -0.15) is 5.10 Å². The van der Waals surface area contributed by atoms with Crippen molar-refractivity contribution in [1.82, 2.24) is 14.7 Å². The van der Waals surface area contributed by atoms with Crippen LogP contribution in [0.5, 0.6) is 0 Å². The van der Waals surface area contributed by atoms with Crippen LogP contribution in [0.1, 0.15) is 40.7 Å². The Bertz CT molecular complexity index is 1050. The predicted octanol–water partition coefficient (Wildman–Crippen LogP) is 1.02. The van der Waals surface area contributed by atoms with E-state index in [1.807, 2.05) is 6.07 Å². The average Bonchev–Trinajstić information content (AvgIpc) is 3.39. The molecule has 1 N–H and O–H groups in total. The lowest BCUT2D eigenvalue weighted by Gasteiger charge is -2.13. The number of esters is 1. The molecule has 1 saturated heterocycles. The van der Waals surface area contributed by atoms with Crippen molar-refractivity contribution in [2.75, 3.05) is 20.2 Å². The van der Waals surface area contributed by atoms with Crippen LogP contribution in [0, 0.1) is 11.8 Å². The van der Waals surface area contributed by atoms with Crippen LogP contribution in [-0.4, -0.2) is 57.5 Å². The number of carbonyl (C=O) groups excluding carboxylic acids is 2. The highest BCUT2D eigenvalue weighted by Crippen LogP contribution is 2.27. The number of nitrogens with zero attached hydrogens (tertiary/aromatic N) is 3. The van der Waals surface area contributed by atoms with Crippen molar-refractivity contribution in [2.24, 2.45) is 0 Å². The van der Waals surface area contributed by atoms with Crippen LogP contribution in [-0.2, 0) is 27.5 Å². The average molecular weight is 395 g/mol. The van der Waals surface area contributed by atoms with Gasteiger partial charge in [0.05, 0.1) is 31.2 Å². The predicted molar refractivity (Wildman–Crippen MR) is 102 cm³/mol. The lowest BCUT2D eigenvalue weighted by Crippen LogP contribution is -2.37. The molecule has 0 spiro atoms. The van der Waals surface area contributed by atoms with Crippen LogP contribution in [0.2, 0.25) is 0 Å². The van der Waals surface area contributed by atoms with Gasteiger partial charge in [-0.25, -0.2) is 9.48 Å². The third-order valence-corrected chi connectivity index (χ3v) is 5.06. The Morgan fingerprint density at radius 1 is 1.41 bits per heavy atom. The summed E-state index contributed by atoms with van der Waals surface area (Å²) in [4.78, 5) is 25.8. The van der Waals surface area contributed by atoms with E-state index in [4.69, 9.17) is 9.47 Å². The first kappa shape index (κ1) is 19.2. The molecule has 0 saturated carbocycles. The van der Waals surface area contributed by atoms with Gasteiger partial charge in [-0.15, -0.1) is 0 Å². The minimum Gasteiger partial charge on any atom is -0.461 e. The monoisotopic (exact) mass is 395 g/mol. The van der Waals surface area contributed by atoms with Crippen LogP contribution in [0.25, 0.3) is 5.69 Å². The lowest BCUT2D eigenvalue weighted by atomic mass is 10.0. The number of likely N-dealkylation sites (tertiary alicyclic amines) is 1. The van der Waals surface area contributed by atoms with Crippen molar-refractivity contribution < 1.29 is 24.2 Å². The summed E-state index contributed by atoms with van der Waals surface area (Å²) in [5.74, 6) is 4.74. The smallest absolute Gasteiger partial charge is 0.359 e. The van der Waals surface area contributed by atoms with E-state index in [9.17, 15) is 14.7 Å².